The van der Waals surface area contributed by atoms with Gasteiger partial charge in [-0.25, -0.2) is 0 Å². The Hall–Kier alpha value is -1.09. The third kappa shape index (κ3) is 3.69. The molecule has 1 aliphatic rings. The second kappa shape index (κ2) is 6.38. The number of rotatable bonds is 4. The summed E-state index contributed by atoms with van der Waals surface area (Å²) in [5.41, 5.74) is 1.30. The van der Waals surface area contributed by atoms with Crippen LogP contribution in [0.15, 0.2) is 24.3 Å². The third-order valence-electron chi connectivity index (χ3n) is 4.22. The zero-order valence-electron chi connectivity index (χ0n) is 11.2. The zero-order valence-corrected chi connectivity index (χ0v) is 12.0. The molecule has 1 saturated carbocycles. The minimum absolute atomic E-state index is 0.154. The van der Waals surface area contributed by atoms with Crippen molar-refractivity contribution in [1.82, 2.24) is 0 Å². The number of nitrogens with zero attached hydrogens (tertiary/aromatic N) is 1. The van der Waals surface area contributed by atoms with E-state index in [-0.39, 0.29) is 16.0 Å². The van der Waals surface area contributed by atoms with E-state index in [2.05, 4.69) is 6.92 Å². The monoisotopic (exact) mass is 281 g/mol. The maximum absolute atomic E-state index is 10.6. The topological polar surface area (TPSA) is 43.1 Å². The molecular formula is C15H20ClNO2. The van der Waals surface area contributed by atoms with Gasteiger partial charge in [0.15, 0.2) is 0 Å². The average molecular weight is 282 g/mol. The summed E-state index contributed by atoms with van der Waals surface area (Å²) >= 11 is 6.43. The number of non-ortho nitro benzene ring substituents is 1. The molecule has 0 radical (unpaired) electrons. The van der Waals surface area contributed by atoms with E-state index < -0.39 is 0 Å². The largest absolute Gasteiger partial charge is 0.269 e. The Balaban J connectivity index is 2.01. The summed E-state index contributed by atoms with van der Waals surface area (Å²) in [6.07, 6.45) is 5.67. The van der Waals surface area contributed by atoms with Gasteiger partial charge in [0.05, 0.1) is 4.92 Å². The van der Waals surface area contributed by atoms with E-state index in [4.69, 9.17) is 11.6 Å². The minimum Gasteiger partial charge on any atom is -0.258 e. The Labute approximate surface area is 119 Å². The standard InChI is InChI=1S/C15H20ClNO2/c1-2-11-5-8-15(16)13(9-11)10-12-3-6-14(7-4-12)17(18)19/h3-4,6-7,11,13,15H,2,5,8-10H2,1H3. The molecule has 104 valence electrons. The molecule has 0 heterocycles. The predicted molar refractivity (Wildman–Crippen MR) is 77.6 cm³/mol. The lowest BCUT2D eigenvalue weighted by atomic mass is 9.77. The van der Waals surface area contributed by atoms with Crippen molar-refractivity contribution >= 4 is 17.3 Å². The smallest absolute Gasteiger partial charge is 0.258 e. The average Bonchev–Trinajstić information content (AvgIpc) is 2.42. The van der Waals surface area contributed by atoms with Crippen LogP contribution >= 0.6 is 11.6 Å². The number of hydrogen-bond acceptors (Lipinski definition) is 2. The van der Waals surface area contributed by atoms with Gasteiger partial charge in [0.25, 0.3) is 5.69 Å². The molecule has 0 aliphatic heterocycles. The highest BCUT2D eigenvalue weighted by Gasteiger charge is 2.28. The minimum atomic E-state index is -0.359. The molecule has 0 N–H and O–H groups in total. The Morgan fingerprint density at radius 1 is 1.32 bits per heavy atom. The van der Waals surface area contributed by atoms with Crippen LogP contribution in [0.1, 0.15) is 38.2 Å². The fraction of sp³-hybridized carbons (Fsp3) is 0.600. The number of nitro benzene ring substituents is 1. The maximum Gasteiger partial charge on any atom is 0.269 e. The molecule has 2 rings (SSSR count). The third-order valence-corrected chi connectivity index (χ3v) is 4.80. The van der Waals surface area contributed by atoms with Gasteiger partial charge in [-0.1, -0.05) is 25.5 Å². The van der Waals surface area contributed by atoms with Crippen molar-refractivity contribution < 1.29 is 4.92 Å². The predicted octanol–water partition coefficient (Wildman–Crippen LogP) is 4.57. The highest BCUT2D eigenvalue weighted by atomic mass is 35.5. The maximum atomic E-state index is 10.6. The van der Waals surface area contributed by atoms with Crippen molar-refractivity contribution in [1.29, 1.82) is 0 Å². The van der Waals surface area contributed by atoms with Gasteiger partial charge in [-0.2, -0.15) is 0 Å². The van der Waals surface area contributed by atoms with Gasteiger partial charge in [-0.05, 0) is 43.1 Å². The number of nitro groups is 1. The fourth-order valence-electron chi connectivity index (χ4n) is 2.96. The first kappa shape index (κ1) is 14.3. The lowest BCUT2D eigenvalue weighted by Gasteiger charge is -2.32. The van der Waals surface area contributed by atoms with Gasteiger partial charge < -0.3 is 0 Å². The summed E-state index contributed by atoms with van der Waals surface area (Å²) in [7, 11) is 0. The van der Waals surface area contributed by atoms with Crippen LogP contribution in [0.4, 0.5) is 5.69 Å². The van der Waals surface area contributed by atoms with Crippen LogP contribution in [0.3, 0.4) is 0 Å². The molecule has 1 aromatic rings. The summed E-state index contributed by atoms with van der Waals surface area (Å²) in [5, 5.41) is 10.9. The molecule has 3 nitrogen and oxygen atoms in total. The first-order valence-electron chi connectivity index (χ1n) is 6.97. The van der Waals surface area contributed by atoms with E-state index in [1.165, 1.54) is 19.3 Å². The lowest BCUT2D eigenvalue weighted by molar-refractivity contribution is -0.384. The van der Waals surface area contributed by atoms with E-state index in [0.717, 1.165) is 24.3 Å². The van der Waals surface area contributed by atoms with Crippen LogP contribution in [0.2, 0.25) is 0 Å². The second-order valence-corrected chi connectivity index (χ2v) is 6.05. The van der Waals surface area contributed by atoms with E-state index >= 15 is 0 Å². The first-order chi connectivity index (χ1) is 9.10. The molecule has 1 aromatic carbocycles. The van der Waals surface area contributed by atoms with Gasteiger partial charge in [-0.3, -0.25) is 10.1 Å². The van der Waals surface area contributed by atoms with E-state index in [0.29, 0.717) is 5.92 Å². The summed E-state index contributed by atoms with van der Waals surface area (Å²) in [6.45, 7) is 2.24. The SMILES string of the molecule is CCC1CCC(Cl)C(Cc2ccc([N+](=O)[O-])cc2)C1. The van der Waals surface area contributed by atoms with Crippen LogP contribution in [0, 0.1) is 22.0 Å². The molecule has 3 atom stereocenters. The number of benzene rings is 1. The van der Waals surface area contributed by atoms with Crippen LogP contribution in [-0.4, -0.2) is 10.3 Å². The highest BCUT2D eigenvalue weighted by molar-refractivity contribution is 6.20. The zero-order chi connectivity index (χ0) is 13.8. The highest BCUT2D eigenvalue weighted by Crippen LogP contribution is 2.36. The number of hydrogen-bond donors (Lipinski definition) is 0. The van der Waals surface area contributed by atoms with Crippen molar-refractivity contribution in [3.05, 3.63) is 39.9 Å². The van der Waals surface area contributed by atoms with Crippen molar-refractivity contribution in [2.24, 2.45) is 11.8 Å². The van der Waals surface area contributed by atoms with Crippen LogP contribution in [0.25, 0.3) is 0 Å². The molecule has 0 aromatic heterocycles. The molecule has 3 unspecified atom stereocenters. The number of halogens is 1. The van der Waals surface area contributed by atoms with Crippen molar-refractivity contribution in [2.75, 3.05) is 0 Å². The molecule has 19 heavy (non-hydrogen) atoms. The molecule has 1 fully saturated rings. The van der Waals surface area contributed by atoms with E-state index in [9.17, 15) is 10.1 Å². The van der Waals surface area contributed by atoms with Crippen molar-refractivity contribution in [3.8, 4) is 0 Å². The summed E-state index contributed by atoms with van der Waals surface area (Å²) in [6, 6.07) is 6.88. The number of alkyl halides is 1. The van der Waals surface area contributed by atoms with Crippen molar-refractivity contribution in [3.63, 3.8) is 0 Å². The normalized spacial score (nSPS) is 27.2. The van der Waals surface area contributed by atoms with Crippen LogP contribution in [0.5, 0.6) is 0 Å². The second-order valence-electron chi connectivity index (χ2n) is 5.49. The Morgan fingerprint density at radius 2 is 2.00 bits per heavy atom. The van der Waals surface area contributed by atoms with Gasteiger partial charge in [0.2, 0.25) is 0 Å². The van der Waals surface area contributed by atoms with Gasteiger partial charge in [0, 0.05) is 17.5 Å². The van der Waals surface area contributed by atoms with Gasteiger partial charge in [0.1, 0.15) is 0 Å². The van der Waals surface area contributed by atoms with Crippen molar-refractivity contribution in [2.45, 2.75) is 44.4 Å². The Kier molecular flexibility index (Phi) is 4.81. The fourth-order valence-corrected chi connectivity index (χ4v) is 3.28. The van der Waals surface area contributed by atoms with Crippen LogP contribution in [-0.2, 0) is 6.42 Å². The lowest BCUT2D eigenvalue weighted by Crippen LogP contribution is -2.26. The molecule has 0 saturated heterocycles. The molecule has 1 aliphatic carbocycles. The molecular weight excluding hydrogens is 262 g/mol. The van der Waals surface area contributed by atoms with E-state index in [1.807, 2.05) is 12.1 Å². The summed E-state index contributed by atoms with van der Waals surface area (Å²) in [4.78, 5) is 10.3. The molecule has 0 spiro atoms. The van der Waals surface area contributed by atoms with Gasteiger partial charge >= 0.3 is 0 Å². The Bertz CT molecular complexity index is 432. The molecule has 0 amide bonds. The molecule has 0 bridgehead atoms. The van der Waals surface area contributed by atoms with Gasteiger partial charge in [-0.15, -0.1) is 11.6 Å². The summed E-state index contributed by atoms with van der Waals surface area (Å²) in [5.74, 6) is 1.29. The molecule has 4 heteroatoms. The van der Waals surface area contributed by atoms with E-state index in [1.54, 1.807) is 12.1 Å². The van der Waals surface area contributed by atoms with Crippen LogP contribution < -0.4 is 0 Å². The summed E-state index contributed by atoms with van der Waals surface area (Å²) < 4.78 is 0. The quantitative estimate of drug-likeness (QED) is 0.461. The Morgan fingerprint density at radius 3 is 2.58 bits per heavy atom. The first-order valence-corrected chi connectivity index (χ1v) is 7.41.